The van der Waals surface area contributed by atoms with Crippen LogP contribution in [0.5, 0.6) is 0 Å². The average Bonchev–Trinajstić information content (AvgIpc) is 2.75. The summed E-state index contributed by atoms with van der Waals surface area (Å²) in [5, 5.41) is 13.1. The van der Waals surface area contributed by atoms with E-state index >= 15 is 0 Å². The zero-order valence-corrected chi connectivity index (χ0v) is 11.6. The summed E-state index contributed by atoms with van der Waals surface area (Å²) in [5.41, 5.74) is 0.867. The van der Waals surface area contributed by atoms with Crippen LogP contribution in [0.1, 0.15) is 11.9 Å². The Labute approximate surface area is 111 Å². The van der Waals surface area contributed by atoms with Gasteiger partial charge in [-0.25, -0.2) is 4.39 Å². The molecule has 1 aromatic heterocycles. The average molecular weight is 316 g/mol. The minimum atomic E-state index is -0.266. The third-order valence-electron chi connectivity index (χ3n) is 2.15. The molecular weight excluding hydrogens is 305 g/mol. The van der Waals surface area contributed by atoms with Crippen LogP contribution in [-0.2, 0) is 6.54 Å². The Morgan fingerprint density at radius 1 is 1.41 bits per heavy atom. The summed E-state index contributed by atoms with van der Waals surface area (Å²) in [6.07, 6.45) is 0. The number of nitrogens with zero attached hydrogens (tertiary/aromatic N) is 2. The number of hydrogen-bond acceptors (Lipinski definition) is 4. The Hall–Kier alpha value is -0.850. The summed E-state index contributed by atoms with van der Waals surface area (Å²) in [4.78, 5) is 0. The van der Waals surface area contributed by atoms with Gasteiger partial charge in [0.2, 0.25) is 0 Å². The van der Waals surface area contributed by atoms with E-state index in [1.54, 1.807) is 6.07 Å². The maximum Gasteiger partial charge on any atom is 0.148 e. The highest BCUT2D eigenvalue weighted by Crippen LogP contribution is 2.30. The molecule has 0 fully saturated rings. The van der Waals surface area contributed by atoms with Crippen LogP contribution in [0.2, 0.25) is 0 Å². The highest BCUT2D eigenvalue weighted by Gasteiger charge is 2.10. The Balaban J connectivity index is 2.24. The van der Waals surface area contributed by atoms with Crippen LogP contribution >= 0.6 is 27.3 Å². The molecule has 0 spiro atoms. The first-order valence-electron chi connectivity index (χ1n) is 5.19. The Morgan fingerprint density at radius 3 is 2.94 bits per heavy atom. The molecule has 1 N–H and O–H groups in total. The van der Waals surface area contributed by atoms with Gasteiger partial charge in [0.1, 0.15) is 15.8 Å². The molecule has 0 aliphatic rings. The van der Waals surface area contributed by atoms with Gasteiger partial charge in [0.05, 0.1) is 0 Å². The fourth-order valence-corrected chi connectivity index (χ4v) is 2.85. The smallest absolute Gasteiger partial charge is 0.148 e. The fourth-order valence-electron chi connectivity index (χ4n) is 1.33. The second-order valence-corrected chi connectivity index (χ2v) is 5.32. The molecule has 17 heavy (non-hydrogen) atoms. The van der Waals surface area contributed by atoms with Gasteiger partial charge in [-0.1, -0.05) is 18.3 Å². The highest BCUT2D eigenvalue weighted by atomic mass is 79.9. The van der Waals surface area contributed by atoms with Crippen molar-refractivity contribution in [2.45, 2.75) is 13.5 Å². The molecule has 3 nitrogen and oxygen atoms in total. The van der Waals surface area contributed by atoms with Crippen molar-refractivity contribution in [3.63, 3.8) is 0 Å². The van der Waals surface area contributed by atoms with Crippen molar-refractivity contribution in [1.82, 2.24) is 15.5 Å². The second-order valence-electron chi connectivity index (χ2n) is 3.41. The summed E-state index contributed by atoms with van der Waals surface area (Å²) in [6.45, 7) is 3.65. The van der Waals surface area contributed by atoms with Gasteiger partial charge in [-0.2, -0.15) is 0 Å². The number of aromatic nitrogens is 2. The summed E-state index contributed by atoms with van der Waals surface area (Å²) < 4.78 is 13.7. The van der Waals surface area contributed by atoms with Crippen molar-refractivity contribution < 1.29 is 4.39 Å². The number of halogens is 2. The molecule has 0 amide bonds. The van der Waals surface area contributed by atoms with Gasteiger partial charge in [0.15, 0.2) is 0 Å². The van der Waals surface area contributed by atoms with Gasteiger partial charge < -0.3 is 5.32 Å². The topological polar surface area (TPSA) is 37.8 Å². The third-order valence-corrected chi connectivity index (χ3v) is 3.77. The van der Waals surface area contributed by atoms with Crippen molar-refractivity contribution in [2.75, 3.05) is 6.54 Å². The van der Waals surface area contributed by atoms with Gasteiger partial charge in [-0.3, -0.25) is 0 Å². The van der Waals surface area contributed by atoms with Gasteiger partial charge >= 0.3 is 0 Å². The van der Waals surface area contributed by atoms with Crippen molar-refractivity contribution in [1.29, 1.82) is 0 Å². The normalized spacial score (nSPS) is 10.8. The molecule has 0 aliphatic heterocycles. The molecule has 1 heterocycles. The molecule has 0 radical (unpaired) electrons. The van der Waals surface area contributed by atoms with E-state index in [4.69, 9.17) is 0 Å². The van der Waals surface area contributed by atoms with Gasteiger partial charge in [0.25, 0.3) is 0 Å². The largest absolute Gasteiger partial charge is 0.311 e. The van der Waals surface area contributed by atoms with Gasteiger partial charge in [0, 0.05) is 16.6 Å². The lowest BCUT2D eigenvalue weighted by Crippen LogP contribution is -2.11. The van der Waals surface area contributed by atoms with Gasteiger partial charge in [-0.15, -0.1) is 10.2 Å². The summed E-state index contributed by atoms with van der Waals surface area (Å²) >= 11 is 4.84. The lowest BCUT2D eigenvalue weighted by molar-refractivity contribution is 0.627. The first-order chi connectivity index (χ1) is 8.20. The van der Waals surface area contributed by atoms with E-state index in [-0.39, 0.29) is 5.82 Å². The predicted octanol–water partition coefficient (Wildman–Crippen LogP) is 3.22. The number of rotatable bonds is 4. The standard InChI is InChI=1S/C11H11BrFN3S/c1-2-14-6-10-15-16-11(17-10)8-4-3-7(13)5-9(8)12/h3-5,14H,2,6H2,1H3. The summed E-state index contributed by atoms with van der Waals surface area (Å²) in [7, 11) is 0. The second kappa shape index (κ2) is 5.66. The van der Waals surface area contributed by atoms with E-state index < -0.39 is 0 Å². The zero-order valence-electron chi connectivity index (χ0n) is 9.20. The summed E-state index contributed by atoms with van der Waals surface area (Å²) in [5.74, 6) is -0.266. The first kappa shape index (κ1) is 12.6. The molecule has 0 bridgehead atoms. The molecule has 0 saturated carbocycles. The van der Waals surface area contributed by atoms with E-state index in [0.717, 1.165) is 22.1 Å². The van der Waals surface area contributed by atoms with Crippen LogP contribution in [-0.4, -0.2) is 16.7 Å². The maximum atomic E-state index is 13.0. The molecular formula is C11H11BrFN3S. The van der Waals surface area contributed by atoms with Crippen LogP contribution in [0, 0.1) is 5.82 Å². The van der Waals surface area contributed by atoms with E-state index in [1.165, 1.54) is 23.5 Å². The predicted molar refractivity (Wildman–Crippen MR) is 70.4 cm³/mol. The summed E-state index contributed by atoms with van der Waals surface area (Å²) in [6, 6.07) is 4.56. The van der Waals surface area contributed by atoms with E-state index in [9.17, 15) is 4.39 Å². The lowest BCUT2D eigenvalue weighted by atomic mass is 10.2. The van der Waals surface area contributed by atoms with Crippen LogP contribution in [0.4, 0.5) is 4.39 Å². The highest BCUT2D eigenvalue weighted by molar-refractivity contribution is 9.10. The van der Waals surface area contributed by atoms with Crippen molar-refractivity contribution in [3.8, 4) is 10.6 Å². The van der Waals surface area contributed by atoms with E-state index in [0.29, 0.717) is 11.0 Å². The zero-order chi connectivity index (χ0) is 12.3. The molecule has 0 saturated heterocycles. The van der Waals surface area contributed by atoms with Crippen molar-refractivity contribution in [3.05, 3.63) is 33.5 Å². The SMILES string of the molecule is CCNCc1nnc(-c2ccc(F)cc2Br)s1. The third kappa shape index (κ3) is 3.08. The Bertz CT molecular complexity index is 515. The van der Waals surface area contributed by atoms with E-state index in [1.807, 2.05) is 6.92 Å². The molecule has 0 aliphatic carbocycles. The number of benzene rings is 1. The van der Waals surface area contributed by atoms with Crippen LogP contribution < -0.4 is 5.32 Å². The molecule has 2 rings (SSSR count). The lowest BCUT2D eigenvalue weighted by Gasteiger charge is -1.99. The minimum Gasteiger partial charge on any atom is -0.311 e. The maximum absolute atomic E-state index is 13.0. The molecule has 0 unspecified atom stereocenters. The fraction of sp³-hybridized carbons (Fsp3) is 0.273. The first-order valence-corrected chi connectivity index (χ1v) is 6.80. The van der Waals surface area contributed by atoms with Crippen molar-refractivity contribution in [2.24, 2.45) is 0 Å². The van der Waals surface area contributed by atoms with Crippen LogP contribution in [0.3, 0.4) is 0 Å². The molecule has 90 valence electrons. The molecule has 6 heteroatoms. The Morgan fingerprint density at radius 2 is 2.24 bits per heavy atom. The number of hydrogen-bond donors (Lipinski definition) is 1. The van der Waals surface area contributed by atoms with Crippen LogP contribution in [0.15, 0.2) is 22.7 Å². The molecule has 0 atom stereocenters. The monoisotopic (exact) mass is 315 g/mol. The molecule has 1 aromatic carbocycles. The minimum absolute atomic E-state index is 0.266. The van der Waals surface area contributed by atoms with E-state index in [2.05, 4.69) is 31.4 Å². The van der Waals surface area contributed by atoms with Crippen molar-refractivity contribution >= 4 is 27.3 Å². The Kier molecular flexibility index (Phi) is 4.20. The quantitative estimate of drug-likeness (QED) is 0.941. The van der Waals surface area contributed by atoms with Crippen LogP contribution in [0.25, 0.3) is 10.6 Å². The van der Waals surface area contributed by atoms with Gasteiger partial charge in [-0.05, 0) is 40.7 Å². The number of nitrogens with one attached hydrogen (secondary N) is 1. The molecule has 2 aromatic rings.